The molecule has 36 heavy (non-hydrogen) atoms. The van der Waals surface area contributed by atoms with E-state index in [1.54, 1.807) is 27.4 Å². The van der Waals surface area contributed by atoms with E-state index in [1.807, 2.05) is 50.2 Å². The summed E-state index contributed by atoms with van der Waals surface area (Å²) in [5.74, 6) is 0.836. The van der Waals surface area contributed by atoms with Crippen molar-refractivity contribution in [3.63, 3.8) is 0 Å². The Labute approximate surface area is 212 Å². The number of hydrogen-bond donors (Lipinski definition) is 1. The molecule has 1 heterocycles. The van der Waals surface area contributed by atoms with Gasteiger partial charge >= 0.3 is 5.97 Å². The fourth-order valence-corrected chi connectivity index (χ4v) is 5.17. The van der Waals surface area contributed by atoms with E-state index in [0.717, 1.165) is 22.6 Å². The first-order chi connectivity index (χ1) is 17.4. The van der Waals surface area contributed by atoms with Gasteiger partial charge in [-0.2, -0.15) is 0 Å². The number of nitrogens with one attached hydrogen (secondary N) is 1. The topological polar surface area (TPSA) is 83.1 Å². The fraction of sp³-hybridized carbons (Fsp3) is 0.379. The largest absolute Gasteiger partial charge is 0.496 e. The molecule has 7 heteroatoms. The molecular weight excluding hydrogens is 458 g/mol. The van der Waals surface area contributed by atoms with Crippen molar-refractivity contribution in [3.8, 4) is 17.2 Å². The summed E-state index contributed by atoms with van der Waals surface area (Å²) in [6.07, 6.45) is 1.65. The lowest BCUT2D eigenvalue weighted by atomic mass is 9.71. The second kappa shape index (κ2) is 10.9. The van der Waals surface area contributed by atoms with E-state index >= 15 is 0 Å². The number of hydrogen-bond acceptors (Lipinski definition) is 7. The van der Waals surface area contributed by atoms with Crippen LogP contribution in [0.2, 0.25) is 0 Å². The number of carbonyl (C=O) groups is 2. The molecule has 0 amide bonds. The first-order valence-corrected chi connectivity index (χ1v) is 12.2. The average molecular weight is 492 g/mol. The first-order valence-electron chi connectivity index (χ1n) is 12.2. The Kier molecular flexibility index (Phi) is 7.67. The highest BCUT2D eigenvalue weighted by Crippen LogP contribution is 2.47. The Morgan fingerprint density at radius 2 is 1.69 bits per heavy atom. The third kappa shape index (κ3) is 4.70. The van der Waals surface area contributed by atoms with Crippen LogP contribution < -0.4 is 19.5 Å². The fourth-order valence-electron chi connectivity index (χ4n) is 5.17. The molecule has 0 aromatic heterocycles. The maximum absolute atomic E-state index is 13.8. The number of rotatable bonds is 8. The minimum absolute atomic E-state index is 0.00673. The Bertz CT molecular complexity index is 1230. The van der Waals surface area contributed by atoms with Gasteiger partial charge in [0.2, 0.25) is 0 Å². The summed E-state index contributed by atoms with van der Waals surface area (Å²) in [5.41, 5.74) is 4.32. The zero-order valence-corrected chi connectivity index (χ0v) is 21.5. The molecular formula is C29H33NO6. The van der Waals surface area contributed by atoms with Crippen molar-refractivity contribution in [2.75, 3.05) is 27.9 Å². The molecule has 4 rings (SSSR count). The van der Waals surface area contributed by atoms with Gasteiger partial charge in [0.15, 0.2) is 17.3 Å². The van der Waals surface area contributed by atoms with E-state index in [4.69, 9.17) is 18.9 Å². The molecule has 1 aliphatic heterocycles. The van der Waals surface area contributed by atoms with Crippen LogP contribution in [0.4, 0.5) is 0 Å². The molecule has 0 saturated heterocycles. The number of dihydropyridines is 1. The van der Waals surface area contributed by atoms with Crippen molar-refractivity contribution in [2.45, 2.75) is 44.9 Å². The Morgan fingerprint density at radius 3 is 2.39 bits per heavy atom. The molecule has 0 spiro atoms. The molecule has 2 aliphatic rings. The monoisotopic (exact) mass is 491 g/mol. The van der Waals surface area contributed by atoms with Crippen LogP contribution in [0.15, 0.2) is 65.0 Å². The van der Waals surface area contributed by atoms with Crippen LogP contribution in [0.1, 0.15) is 56.1 Å². The SMILES string of the molecule is CCCOC(=O)C1=C(C)NC2=C(C(=O)C[C@@H](c3ccccc3OC)C2)[C@@H]1c1ccc(OC)c(OC)c1. The second-order valence-corrected chi connectivity index (χ2v) is 9.01. The van der Waals surface area contributed by atoms with Crippen LogP contribution in [0, 0.1) is 0 Å². The standard InChI is InChI=1S/C29H33NO6/c1-6-13-36-29(32)26-17(2)30-21-14-19(20-9-7-8-10-23(20)33-3)15-22(31)28(21)27(26)18-11-12-24(34-4)25(16-18)35-5/h7-12,16,19,27,30H,6,13-15H2,1-5H3/t19-,27+/m0/s1. The number of ether oxygens (including phenoxy) is 4. The van der Waals surface area contributed by atoms with Crippen LogP contribution in [0.25, 0.3) is 0 Å². The van der Waals surface area contributed by atoms with Crippen LogP contribution in [-0.4, -0.2) is 39.7 Å². The number of allylic oxidation sites excluding steroid dienone is 3. The van der Waals surface area contributed by atoms with E-state index in [2.05, 4.69) is 5.32 Å². The zero-order chi connectivity index (χ0) is 25.8. The molecule has 0 unspecified atom stereocenters. The first kappa shape index (κ1) is 25.4. The third-order valence-corrected chi connectivity index (χ3v) is 6.80. The van der Waals surface area contributed by atoms with Gasteiger partial charge in [0, 0.05) is 35.2 Å². The van der Waals surface area contributed by atoms with Crippen molar-refractivity contribution >= 4 is 11.8 Å². The molecule has 2 atom stereocenters. The maximum atomic E-state index is 13.8. The van der Waals surface area contributed by atoms with Crippen molar-refractivity contribution in [3.05, 3.63) is 76.1 Å². The summed E-state index contributed by atoms with van der Waals surface area (Å²) in [5, 5.41) is 3.39. The molecule has 0 saturated carbocycles. The zero-order valence-electron chi connectivity index (χ0n) is 21.5. The van der Waals surface area contributed by atoms with E-state index in [1.165, 1.54) is 0 Å². The Morgan fingerprint density at radius 1 is 0.972 bits per heavy atom. The minimum Gasteiger partial charge on any atom is -0.496 e. The lowest BCUT2D eigenvalue weighted by Gasteiger charge is -2.37. The highest BCUT2D eigenvalue weighted by atomic mass is 16.5. The number of Topliss-reactive ketones (excluding diaryl/α,β-unsaturated/α-hetero) is 1. The summed E-state index contributed by atoms with van der Waals surface area (Å²) in [7, 11) is 4.78. The lowest BCUT2D eigenvalue weighted by molar-refractivity contribution is -0.139. The Balaban J connectivity index is 1.82. The average Bonchev–Trinajstić information content (AvgIpc) is 2.90. The second-order valence-electron chi connectivity index (χ2n) is 9.01. The van der Waals surface area contributed by atoms with Gasteiger partial charge in [0.1, 0.15) is 5.75 Å². The summed E-state index contributed by atoms with van der Waals surface area (Å²) in [6, 6.07) is 13.3. The molecule has 0 radical (unpaired) electrons. The van der Waals surface area contributed by atoms with Gasteiger partial charge < -0.3 is 24.3 Å². The number of benzene rings is 2. The predicted octanol–water partition coefficient (Wildman–Crippen LogP) is 5.03. The molecule has 1 aliphatic carbocycles. The summed E-state index contributed by atoms with van der Waals surface area (Å²) < 4.78 is 22.1. The smallest absolute Gasteiger partial charge is 0.336 e. The van der Waals surface area contributed by atoms with Gasteiger partial charge in [-0.05, 0) is 49.1 Å². The van der Waals surface area contributed by atoms with Gasteiger partial charge in [-0.15, -0.1) is 0 Å². The van der Waals surface area contributed by atoms with Crippen LogP contribution >= 0.6 is 0 Å². The molecule has 190 valence electrons. The maximum Gasteiger partial charge on any atom is 0.336 e. The normalized spacial score (nSPS) is 19.4. The van der Waals surface area contributed by atoms with E-state index < -0.39 is 11.9 Å². The van der Waals surface area contributed by atoms with E-state index in [9.17, 15) is 9.59 Å². The quantitative estimate of drug-likeness (QED) is 0.519. The third-order valence-electron chi connectivity index (χ3n) is 6.80. The number of esters is 1. The number of para-hydroxylation sites is 1. The van der Waals surface area contributed by atoms with E-state index in [0.29, 0.717) is 54.2 Å². The number of carbonyl (C=O) groups excluding carboxylic acids is 2. The molecule has 7 nitrogen and oxygen atoms in total. The lowest BCUT2D eigenvalue weighted by Crippen LogP contribution is -2.36. The predicted molar refractivity (Wildman–Crippen MR) is 136 cm³/mol. The van der Waals surface area contributed by atoms with Crippen molar-refractivity contribution in [2.24, 2.45) is 0 Å². The van der Waals surface area contributed by atoms with Gasteiger partial charge in [-0.3, -0.25) is 4.79 Å². The highest BCUT2D eigenvalue weighted by molar-refractivity contribution is 6.04. The molecule has 0 fully saturated rings. The van der Waals surface area contributed by atoms with Gasteiger partial charge in [0.05, 0.1) is 33.5 Å². The van der Waals surface area contributed by atoms with Crippen molar-refractivity contribution in [1.82, 2.24) is 5.32 Å². The van der Waals surface area contributed by atoms with Crippen LogP contribution in [-0.2, 0) is 14.3 Å². The van der Waals surface area contributed by atoms with Gasteiger partial charge in [-0.1, -0.05) is 31.2 Å². The Hall–Kier alpha value is -3.74. The van der Waals surface area contributed by atoms with Gasteiger partial charge in [0.25, 0.3) is 0 Å². The molecule has 2 aromatic rings. The number of ketones is 1. The molecule has 0 bridgehead atoms. The van der Waals surface area contributed by atoms with Crippen molar-refractivity contribution in [1.29, 1.82) is 0 Å². The summed E-state index contributed by atoms with van der Waals surface area (Å²) in [6.45, 7) is 4.12. The highest BCUT2D eigenvalue weighted by Gasteiger charge is 2.42. The minimum atomic E-state index is -0.573. The molecule has 1 N–H and O–H groups in total. The number of methoxy groups -OCH3 is 3. The summed E-state index contributed by atoms with van der Waals surface area (Å²) in [4.78, 5) is 27.0. The molecule has 2 aromatic carbocycles. The van der Waals surface area contributed by atoms with Crippen molar-refractivity contribution < 1.29 is 28.5 Å². The summed E-state index contributed by atoms with van der Waals surface area (Å²) >= 11 is 0. The van der Waals surface area contributed by atoms with Gasteiger partial charge in [-0.25, -0.2) is 4.79 Å². The van der Waals surface area contributed by atoms with E-state index in [-0.39, 0.29) is 11.7 Å². The van der Waals surface area contributed by atoms with Crippen LogP contribution in [0.3, 0.4) is 0 Å². The van der Waals surface area contributed by atoms with Crippen LogP contribution in [0.5, 0.6) is 17.2 Å².